The maximum absolute atomic E-state index is 5.98. The van der Waals surface area contributed by atoms with Gasteiger partial charge in [0.05, 0.1) is 11.7 Å². The first kappa shape index (κ1) is 13.3. The zero-order valence-corrected chi connectivity index (χ0v) is 11.8. The van der Waals surface area contributed by atoms with Gasteiger partial charge in [-0.3, -0.25) is 4.40 Å². The summed E-state index contributed by atoms with van der Waals surface area (Å²) in [6.45, 7) is 0. The average molecular weight is 293 g/mol. The van der Waals surface area contributed by atoms with E-state index in [1.165, 1.54) is 0 Å². The van der Waals surface area contributed by atoms with Gasteiger partial charge < -0.3 is 10.7 Å². The molecular weight excluding hydrogens is 276 g/mol. The van der Waals surface area contributed by atoms with Crippen molar-refractivity contribution in [1.29, 1.82) is 0 Å². The first-order valence-electron chi connectivity index (χ1n) is 6.75. The summed E-state index contributed by atoms with van der Waals surface area (Å²) < 4.78 is 2.13. The minimum Gasteiger partial charge on any atom is -0.345 e. The van der Waals surface area contributed by atoms with Crippen LogP contribution in [0.3, 0.4) is 0 Å². The van der Waals surface area contributed by atoms with E-state index in [4.69, 9.17) is 5.73 Å². The zero-order valence-electron chi connectivity index (χ0n) is 11.0. The van der Waals surface area contributed by atoms with Crippen LogP contribution in [0.15, 0.2) is 18.5 Å². The molecule has 0 radical (unpaired) electrons. The number of hydrogen-bond donors (Lipinski definition) is 2. The third-order valence-electron chi connectivity index (χ3n) is 4.10. The summed E-state index contributed by atoms with van der Waals surface area (Å²) >= 11 is 0. The molecule has 0 spiro atoms. The second kappa shape index (κ2) is 5.03. The summed E-state index contributed by atoms with van der Waals surface area (Å²) in [7, 11) is 0. The number of nitrogens with one attached hydrogen (secondary N) is 1. The maximum Gasteiger partial charge on any atom is 0.179 e. The largest absolute Gasteiger partial charge is 0.345 e. The maximum atomic E-state index is 5.98. The van der Waals surface area contributed by atoms with Gasteiger partial charge in [0.25, 0.3) is 0 Å². The first-order chi connectivity index (χ1) is 9.33. The molecule has 7 heteroatoms. The molecular formula is C13H17ClN6. The second-order valence-electron chi connectivity index (χ2n) is 5.33. The highest BCUT2D eigenvalue weighted by Crippen LogP contribution is 2.32. The highest BCUT2D eigenvalue weighted by molar-refractivity contribution is 5.85. The Kier molecular flexibility index (Phi) is 3.35. The van der Waals surface area contributed by atoms with Crippen LogP contribution in [-0.2, 0) is 0 Å². The van der Waals surface area contributed by atoms with Gasteiger partial charge in [-0.15, -0.1) is 22.6 Å². The first-order valence-corrected chi connectivity index (χ1v) is 6.75. The molecule has 1 aliphatic carbocycles. The van der Waals surface area contributed by atoms with E-state index in [1.54, 1.807) is 6.20 Å². The van der Waals surface area contributed by atoms with E-state index in [1.807, 2.05) is 12.3 Å². The van der Waals surface area contributed by atoms with Crippen molar-refractivity contribution < 1.29 is 0 Å². The van der Waals surface area contributed by atoms with Crippen molar-refractivity contribution in [3.63, 3.8) is 0 Å². The van der Waals surface area contributed by atoms with Gasteiger partial charge >= 0.3 is 0 Å². The standard InChI is InChI=1S/C13H16N6.ClH/c14-9-3-1-8(2-4-9)13-18-17-11-7-16-12-10(19(11)13)5-6-15-12;/h5-9,15H,1-4,14H2;1H/t8-,9+;. The van der Waals surface area contributed by atoms with Crippen molar-refractivity contribution in [2.24, 2.45) is 5.73 Å². The molecule has 20 heavy (non-hydrogen) atoms. The van der Waals surface area contributed by atoms with Crippen LogP contribution < -0.4 is 5.73 Å². The molecule has 1 saturated carbocycles. The molecule has 1 aliphatic rings. The molecule has 0 amide bonds. The number of aromatic nitrogens is 5. The highest BCUT2D eigenvalue weighted by atomic mass is 35.5. The number of rotatable bonds is 1. The summed E-state index contributed by atoms with van der Waals surface area (Å²) in [5.74, 6) is 1.50. The van der Waals surface area contributed by atoms with E-state index in [2.05, 4.69) is 24.6 Å². The lowest BCUT2D eigenvalue weighted by Gasteiger charge is -2.24. The van der Waals surface area contributed by atoms with Crippen molar-refractivity contribution in [2.45, 2.75) is 37.6 Å². The molecule has 0 unspecified atom stereocenters. The molecule has 3 aromatic heterocycles. The predicted molar refractivity (Wildman–Crippen MR) is 79.1 cm³/mol. The summed E-state index contributed by atoms with van der Waals surface area (Å²) in [6, 6.07) is 2.38. The summed E-state index contributed by atoms with van der Waals surface area (Å²) in [5.41, 5.74) is 8.72. The van der Waals surface area contributed by atoms with Crippen LogP contribution in [0.25, 0.3) is 16.8 Å². The van der Waals surface area contributed by atoms with E-state index in [0.29, 0.717) is 12.0 Å². The fourth-order valence-corrected chi connectivity index (χ4v) is 3.04. The summed E-state index contributed by atoms with van der Waals surface area (Å²) in [4.78, 5) is 7.47. The Morgan fingerprint density at radius 3 is 2.80 bits per heavy atom. The van der Waals surface area contributed by atoms with E-state index in [9.17, 15) is 0 Å². The predicted octanol–water partition coefficient (Wildman–Crippen LogP) is 2.01. The Morgan fingerprint density at radius 1 is 1.20 bits per heavy atom. The smallest absolute Gasteiger partial charge is 0.179 e. The van der Waals surface area contributed by atoms with E-state index < -0.39 is 0 Å². The molecule has 3 N–H and O–H groups in total. The van der Waals surface area contributed by atoms with Gasteiger partial charge in [-0.1, -0.05) is 0 Å². The summed E-state index contributed by atoms with van der Waals surface area (Å²) in [6.07, 6.45) is 8.00. The van der Waals surface area contributed by atoms with Crippen LogP contribution in [0, 0.1) is 0 Å². The van der Waals surface area contributed by atoms with Gasteiger partial charge in [-0.2, -0.15) is 0 Å². The molecule has 0 atom stereocenters. The highest BCUT2D eigenvalue weighted by Gasteiger charge is 2.24. The molecule has 1 fully saturated rings. The van der Waals surface area contributed by atoms with Crippen molar-refractivity contribution in [2.75, 3.05) is 0 Å². The third-order valence-corrected chi connectivity index (χ3v) is 4.10. The molecule has 3 heterocycles. The zero-order chi connectivity index (χ0) is 12.8. The number of hydrogen-bond acceptors (Lipinski definition) is 4. The molecule has 4 rings (SSSR count). The lowest BCUT2D eigenvalue weighted by molar-refractivity contribution is 0.384. The Hall–Kier alpha value is -1.66. The fraction of sp³-hybridized carbons (Fsp3) is 0.462. The van der Waals surface area contributed by atoms with Crippen LogP contribution in [0.1, 0.15) is 37.4 Å². The number of nitrogens with two attached hydrogens (primary N) is 1. The summed E-state index contributed by atoms with van der Waals surface area (Å²) in [5, 5.41) is 8.64. The molecule has 0 aliphatic heterocycles. The Balaban J connectivity index is 0.00000121. The number of nitrogens with zero attached hydrogens (tertiary/aromatic N) is 4. The molecule has 0 saturated heterocycles. The minimum absolute atomic E-state index is 0. The van der Waals surface area contributed by atoms with Gasteiger partial charge in [0.1, 0.15) is 5.82 Å². The molecule has 0 bridgehead atoms. The quantitative estimate of drug-likeness (QED) is 0.718. The SMILES string of the molecule is Cl.N[C@H]1CC[C@@H](c2nnc3cnc4[nH]ccc4n32)CC1. The molecule has 0 aromatic carbocycles. The normalized spacial score (nSPS) is 23.1. The Morgan fingerprint density at radius 2 is 2.00 bits per heavy atom. The van der Waals surface area contributed by atoms with Gasteiger partial charge in [0.2, 0.25) is 0 Å². The van der Waals surface area contributed by atoms with E-state index >= 15 is 0 Å². The van der Waals surface area contributed by atoms with Gasteiger partial charge in [0, 0.05) is 18.2 Å². The van der Waals surface area contributed by atoms with Crippen molar-refractivity contribution in [1.82, 2.24) is 24.6 Å². The van der Waals surface area contributed by atoms with Crippen molar-refractivity contribution in [3.05, 3.63) is 24.3 Å². The molecule has 6 nitrogen and oxygen atoms in total. The lowest BCUT2D eigenvalue weighted by atomic mass is 9.86. The lowest BCUT2D eigenvalue weighted by Crippen LogP contribution is -2.26. The number of halogens is 1. The average Bonchev–Trinajstić information content (AvgIpc) is 3.04. The van der Waals surface area contributed by atoms with Crippen LogP contribution in [-0.4, -0.2) is 30.6 Å². The van der Waals surface area contributed by atoms with Crippen molar-refractivity contribution in [3.8, 4) is 0 Å². The van der Waals surface area contributed by atoms with Gasteiger partial charge in [-0.05, 0) is 31.7 Å². The van der Waals surface area contributed by atoms with Crippen LogP contribution >= 0.6 is 12.4 Å². The third kappa shape index (κ3) is 1.96. The number of H-pyrrole nitrogens is 1. The number of fused-ring (bicyclic) bond motifs is 3. The van der Waals surface area contributed by atoms with Crippen LogP contribution in [0.2, 0.25) is 0 Å². The molecule has 3 aromatic rings. The fourth-order valence-electron chi connectivity index (χ4n) is 3.04. The Bertz CT molecular complexity index is 725. The monoisotopic (exact) mass is 292 g/mol. The number of aromatic amines is 1. The topological polar surface area (TPSA) is 84.9 Å². The Labute approximate surface area is 122 Å². The van der Waals surface area contributed by atoms with Gasteiger partial charge in [-0.25, -0.2) is 4.98 Å². The minimum atomic E-state index is 0. The van der Waals surface area contributed by atoms with Crippen LogP contribution in [0.4, 0.5) is 0 Å². The van der Waals surface area contributed by atoms with E-state index in [0.717, 1.165) is 48.3 Å². The second-order valence-corrected chi connectivity index (χ2v) is 5.33. The molecule has 106 valence electrons. The van der Waals surface area contributed by atoms with Crippen LogP contribution in [0.5, 0.6) is 0 Å². The van der Waals surface area contributed by atoms with Crippen molar-refractivity contribution >= 4 is 29.2 Å². The van der Waals surface area contributed by atoms with E-state index in [-0.39, 0.29) is 12.4 Å². The van der Waals surface area contributed by atoms with Gasteiger partial charge in [0.15, 0.2) is 11.3 Å².